The van der Waals surface area contributed by atoms with Crippen LogP contribution in [0.1, 0.15) is 26.7 Å². The Kier molecular flexibility index (Phi) is 6.16. The van der Waals surface area contributed by atoms with E-state index in [9.17, 15) is 9.59 Å². The molecule has 0 bridgehead atoms. The Morgan fingerprint density at radius 1 is 0.972 bits per heavy atom. The first-order chi connectivity index (χ1) is 17.2. The van der Waals surface area contributed by atoms with E-state index in [0.29, 0.717) is 39.2 Å². The first-order valence-electron chi connectivity index (χ1n) is 11.8. The van der Waals surface area contributed by atoms with Crippen LogP contribution in [0.15, 0.2) is 42.6 Å². The van der Waals surface area contributed by atoms with Gasteiger partial charge in [-0.25, -0.2) is 0 Å². The lowest BCUT2D eigenvalue weighted by atomic mass is 10.1. The van der Waals surface area contributed by atoms with E-state index >= 15 is 0 Å². The Bertz CT molecular complexity index is 1350. The van der Waals surface area contributed by atoms with E-state index in [0.717, 1.165) is 18.2 Å². The summed E-state index contributed by atoms with van der Waals surface area (Å²) in [4.78, 5) is 29.9. The van der Waals surface area contributed by atoms with Crippen molar-refractivity contribution in [3.63, 3.8) is 0 Å². The van der Waals surface area contributed by atoms with E-state index in [-0.39, 0.29) is 23.8 Å². The number of fused-ring (bicyclic) bond motifs is 1. The van der Waals surface area contributed by atoms with Crippen LogP contribution in [0.5, 0.6) is 23.0 Å². The Labute approximate surface area is 214 Å². The van der Waals surface area contributed by atoms with Gasteiger partial charge in [0.2, 0.25) is 11.8 Å². The van der Waals surface area contributed by atoms with E-state index in [2.05, 4.69) is 15.6 Å². The third kappa shape index (κ3) is 4.53. The van der Waals surface area contributed by atoms with E-state index in [4.69, 9.17) is 25.8 Å². The molecule has 1 heterocycles. The molecule has 0 saturated heterocycles. The topological polar surface area (TPSA) is 98.8 Å². The highest BCUT2D eigenvalue weighted by molar-refractivity contribution is 6.34. The van der Waals surface area contributed by atoms with E-state index in [1.165, 1.54) is 0 Å². The summed E-state index contributed by atoms with van der Waals surface area (Å²) >= 11 is 6.49. The average Bonchev–Trinajstić information content (AvgIpc) is 3.76. The SMILES string of the molecule is COc1cc2nccc(Oc3ccc(NC(=O)[C@@H]4[C@H](C(=O)NC5CC5)C4(C)C)c(Cl)c3)c2cc1OC. The molecule has 5 rings (SSSR count). The number of ether oxygens (including phenoxy) is 3. The first-order valence-corrected chi connectivity index (χ1v) is 12.2. The zero-order valence-electron chi connectivity index (χ0n) is 20.6. The van der Waals surface area contributed by atoms with Crippen LogP contribution < -0.4 is 24.8 Å². The van der Waals surface area contributed by atoms with Gasteiger partial charge in [0, 0.05) is 29.8 Å². The number of halogens is 1. The number of rotatable bonds is 8. The number of methoxy groups -OCH3 is 2. The second kappa shape index (κ2) is 9.17. The molecule has 0 aliphatic heterocycles. The molecule has 1 aromatic heterocycles. The van der Waals surface area contributed by atoms with Crippen LogP contribution in [0.4, 0.5) is 5.69 Å². The first kappa shape index (κ1) is 24.2. The predicted molar refractivity (Wildman–Crippen MR) is 137 cm³/mol. The Balaban J connectivity index is 1.31. The Morgan fingerprint density at radius 2 is 1.67 bits per heavy atom. The number of hydrogen-bond acceptors (Lipinski definition) is 6. The molecule has 9 heteroatoms. The van der Waals surface area contributed by atoms with Gasteiger partial charge < -0.3 is 24.8 Å². The van der Waals surface area contributed by atoms with Gasteiger partial charge in [-0.2, -0.15) is 0 Å². The lowest BCUT2D eigenvalue weighted by molar-refractivity contribution is -0.125. The molecule has 0 unspecified atom stereocenters. The number of nitrogens with one attached hydrogen (secondary N) is 2. The number of aromatic nitrogens is 1. The number of pyridine rings is 1. The molecular weight excluding hydrogens is 482 g/mol. The van der Waals surface area contributed by atoms with Gasteiger partial charge in [-0.05, 0) is 42.5 Å². The molecule has 188 valence electrons. The van der Waals surface area contributed by atoms with Crippen molar-refractivity contribution >= 4 is 40.0 Å². The van der Waals surface area contributed by atoms with Crippen LogP contribution in [0.2, 0.25) is 5.02 Å². The normalized spacial score (nSPS) is 19.9. The number of carbonyl (C=O) groups is 2. The van der Waals surface area contributed by atoms with Gasteiger partial charge in [0.15, 0.2) is 11.5 Å². The fourth-order valence-electron chi connectivity index (χ4n) is 4.67. The van der Waals surface area contributed by atoms with E-state index < -0.39 is 11.3 Å². The maximum atomic E-state index is 13.0. The zero-order valence-corrected chi connectivity index (χ0v) is 21.3. The minimum atomic E-state index is -0.404. The van der Waals surface area contributed by atoms with Crippen molar-refractivity contribution in [1.29, 1.82) is 0 Å². The largest absolute Gasteiger partial charge is 0.493 e. The van der Waals surface area contributed by atoms with Crippen LogP contribution in [-0.2, 0) is 9.59 Å². The molecule has 2 saturated carbocycles. The van der Waals surface area contributed by atoms with Gasteiger partial charge in [-0.3, -0.25) is 14.6 Å². The third-order valence-electron chi connectivity index (χ3n) is 6.95. The third-order valence-corrected chi connectivity index (χ3v) is 7.26. The molecule has 2 N–H and O–H groups in total. The van der Waals surface area contributed by atoms with Gasteiger partial charge >= 0.3 is 0 Å². The highest BCUT2D eigenvalue weighted by Gasteiger charge is 2.65. The predicted octanol–water partition coefficient (Wildman–Crippen LogP) is 5.19. The quantitative estimate of drug-likeness (QED) is 0.433. The lowest BCUT2D eigenvalue weighted by Gasteiger charge is -2.13. The Morgan fingerprint density at radius 3 is 2.33 bits per heavy atom. The maximum absolute atomic E-state index is 13.0. The summed E-state index contributed by atoms with van der Waals surface area (Å²) in [5.74, 6) is 1.19. The second-order valence-corrected chi connectivity index (χ2v) is 10.2. The summed E-state index contributed by atoms with van der Waals surface area (Å²) < 4.78 is 16.9. The smallest absolute Gasteiger partial charge is 0.228 e. The van der Waals surface area contributed by atoms with Crippen molar-refractivity contribution in [3.8, 4) is 23.0 Å². The number of hydrogen-bond donors (Lipinski definition) is 2. The molecule has 3 aromatic rings. The summed E-state index contributed by atoms with van der Waals surface area (Å²) in [7, 11) is 3.14. The molecule has 2 aliphatic carbocycles. The summed E-state index contributed by atoms with van der Waals surface area (Å²) in [6.45, 7) is 3.88. The Hall–Kier alpha value is -3.52. The summed E-state index contributed by atoms with van der Waals surface area (Å²) in [6, 6.07) is 10.7. The minimum absolute atomic E-state index is 0.0451. The summed E-state index contributed by atoms with van der Waals surface area (Å²) in [6.07, 6.45) is 3.67. The van der Waals surface area contributed by atoms with Gasteiger partial charge in [0.1, 0.15) is 11.5 Å². The van der Waals surface area contributed by atoms with Crippen molar-refractivity contribution in [2.75, 3.05) is 19.5 Å². The van der Waals surface area contributed by atoms with Crippen LogP contribution in [0.3, 0.4) is 0 Å². The number of carbonyl (C=O) groups excluding carboxylic acids is 2. The van der Waals surface area contributed by atoms with Crippen LogP contribution >= 0.6 is 11.6 Å². The molecule has 2 fully saturated rings. The lowest BCUT2D eigenvalue weighted by Crippen LogP contribution is -2.29. The molecular formula is C27H28ClN3O5. The van der Waals surface area contributed by atoms with Crippen molar-refractivity contribution in [1.82, 2.24) is 10.3 Å². The minimum Gasteiger partial charge on any atom is -0.493 e. The van der Waals surface area contributed by atoms with E-state index in [1.54, 1.807) is 56.8 Å². The molecule has 0 spiro atoms. The summed E-state index contributed by atoms with van der Waals surface area (Å²) in [5.41, 5.74) is 0.751. The number of nitrogens with zero attached hydrogens (tertiary/aromatic N) is 1. The van der Waals surface area contributed by atoms with Gasteiger partial charge in [0.05, 0.1) is 42.3 Å². The molecule has 36 heavy (non-hydrogen) atoms. The van der Waals surface area contributed by atoms with Gasteiger partial charge in [-0.15, -0.1) is 0 Å². The fourth-order valence-corrected chi connectivity index (χ4v) is 4.89. The van der Waals surface area contributed by atoms with Crippen LogP contribution in [-0.4, -0.2) is 37.1 Å². The zero-order chi connectivity index (χ0) is 25.6. The molecule has 2 amide bonds. The van der Waals surface area contributed by atoms with Crippen molar-refractivity contribution in [2.45, 2.75) is 32.7 Å². The van der Waals surface area contributed by atoms with Crippen molar-refractivity contribution in [3.05, 3.63) is 47.6 Å². The molecule has 2 aliphatic rings. The average molecular weight is 510 g/mol. The molecule has 2 aromatic carbocycles. The van der Waals surface area contributed by atoms with Crippen molar-refractivity contribution in [2.24, 2.45) is 17.3 Å². The molecule has 0 radical (unpaired) electrons. The molecule has 8 nitrogen and oxygen atoms in total. The highest BCUT2D eigenvalue weighted by Crippen LogP contribution is 2.59. The molecule has 2 atom stereocenters. The van der Waals surface area contributed by atoms with Gasteiger partial charge in [-0.1, -0.05) is 25.4 Å². The fraction of sp³-hybridized carbons (Fsp3) is 0.370. The standard InChI is InChI=1S/C27H28ClN3O5/c1-27(2)23(25(32)30-14-5-6-14)24(27)26(33)31-18-8-7-15(11-17(18)28)36-20-9-10-29-19-13-22(35-4)21(34-3)12-16(19)20/h7-14,23-24H,5-6H2,1-4H3,(H,30,32)(H,31,33)/t23-,24+/m1/s1. The van der Waals surface area contributed by atoms with Crippen LogP contribution in [0.25, 0.3) is 10.9 Å². The van der Waals surface area contributed by atoms with Gasteiger partial charge in [0.25, 0.3) is 0 Å². The van der Waals surface area contributed by atoms with Crippen molar-refractivity contribution < 1.29 is 23.8 Å². The number of benzene rings is 2. The van der Waals surface area contributed by atoms with Crippen LogP contribution in [0, 0.1) is 17.3 Å². The number of amides is 2. The monoisotopic (exact) mass is 509 g/mol. The highest BCUT2D eigenvalue weighted by atomic mass is 35.5. The number of anilines is 1. The summed E-state index contributed by atoms with van der Waals surface area (Å²) in [5, 5.41) is 6.97. The second-order valence-electron chi connectivity index (χ2n) is 9.83. The van der Waals surface area contributed by atoms with E-state index in [1.807, 2.05) is 13.8 Å². The maximum Gasteiger partial charge on any atom is 0.228 e.